The Kier molecular flexibility index (Phi) is 3.38. The Bertz CT molecular complexity index is 514. The Morgan fingerprint density at radius 3 is 2.59 bits per heavy atom. The van der Waals surface area contributed by atoms with E-state index in [0.717, 1.165) is 18.7 Å². The highest BCUT2D eigenvalue weighted by Crippen LogP contribution is 2.07. The van der Waals surface area contributed by atoms with Crippen molar-refractivity contribution in [1.29, 1.82) is 0 Å². The van der Waals surface area contributed by atoms with Gasteiger partial charge < -0.3 is 0 Å². The SMILES string of the molecule is CC(=O)c1cc(C)n(CCc2ccccc2)n1. The fourth-order valence-electron chi connectivity index (χ4n) is 1.79. The molecule has 2 rings (SSSR count). The Hall–Kier alpha value is -1.90. The number of aryl methyl sites for hydroxylation is 3. The fourth-order valence-corrected chi connectivity index (χ4v) is 1.79. The van der Waals surface area contributed by atoms with E-state index in [1.54, 1.807) is 6.92 Å². The van der Waals surface area contributed by atoms with Crippen LogP contribution in [0.5, 0.6) is 0 Å². The summed E-state index contributed by atoms with van der Waals surface area (Å²) in [5.74, 6) is 0.0200. The highest BCUT2D eigenvalue weighted by Gasteiger charge is 2.07. The van der Waals surface area contributed by atoms with Crippen LogP contribution >= 0.6 is 0 Å². The zero-order valence-corrected chi connectivity index (χ0v) is 10.2. The van der Waals surface area contributed by atoms with Gasteiger partial charge in [0.2, 0.25) is 0 Å². The van der Waals surface area contributed by atoms with Crippen LogP contribution in [0.15, 0.2) is 36.4 Å². The average Bonchev–Trinajstić information content (AvgIpc) is 2.70. The molecule has 1 aromatic carbocycles. The second kappa shape index (κ2) is 4.95. The van der Waals surface area contributed by atoms with E-state index in [0.29, 0.717) is 5.69 Å². The first-order valence-corrected chi connectivity index (χ1v) is 5.76. The summed E-state index contributed by atoms with van der Waals surface area (Å²) in [5.41, 5.74) is 2.87. The molecule has 0 unspecified atom stereocenters. The van der Waals surface area contributed by atoms with E-state index in [2.05, 4.69) is 17.2 Å². The first-order chi connectivity index (χ1) is 8.16. The van der Waals surface area contributed by atoms with E-state index < -0.39 is 0 Å². The molecule has 17 heavy (non-hydrogen) atoms. The summed E-state index contributed by atoms with van der Waals surface area (Å²) in [5, 5.41) is 4.29. The molecule has 0 spiro atoms. The van der Waals surface area contributed by atoms with Crippen molar-refractivity contribution in [3.63, 3.8) is 0 Å². The molecule has 0 amide bonds. The number of aromatic nitrogens is 2. The molecule has 0 saturated carbocycles. The number of ketones is 1. The second-order valence-corrected chi connectivity index (χ2v) is 4.19. The predicted molar refractivity (Wildman–Crippen MR) is 67.1 cm³/mol. The number of nitrogens with zero attached hydrogens (tertiary/aromatic N) is 2. The summed E-state index contributed by atoms with van der Waals surface area (Å²) in [6.45, 7) is 4.33. The summed E-state index contributed by atoms with van der Waals surface area (Å²) in [7, 11) is 0. The first-order valence-electron chi connectivity index (χ1n) is 5.76. The molecule has 0 radical (unpaired) electrons. The molecule has 2 aromatic rings. The summed E-state index contributed by atoms with van der Waals surface area (Å²) in [4.78, 5) is 11.2. The monoisotopic (exact) mass is 228 g/mol. The third-order valence-electron chi connectivity index (χ3n) is 2.80. The van der Waals surface area contributed by atoms with E-state index in [1.165, 1.54) is 5.56 Å². The number of rotatable bonds is 4. The van der Waals surface area contributed by atoms with Crippen molar-refractivity contribution >= 4 is 5.78 Å². The van der Waals surface area contributed by atoms with Crippen molar-refractivity contribution < 1.29 is 4.79 Å². The highest BCUT2D eigenvalue weighted by atomic mass is 16.1. The van der Waals surface area contributed by atoms with Gasteiger partial charge in [0.1, 0.15) is 5.69 Å². The third-order valence-corrected chi connectivity index (χ3v) is 2.80. The van der Waals surface area contributed by atoms with E-state index >= 15 is 0 Å². The van der Waals surface area contributed by atoms with Crippen LogP contribution < -0.4 is 0 Å². The summed E-state index contributed by atoms with van der Waals surface area (Å²) in [6, 6.07) is 12.1. The molecular weight excluding hydrogens is 212 g/mol. The topological polar surface area (TPSA) is 34.9 Å². The van der Waals surface area contributed by atoms with Crippen LogP contribution in [-0.4, -0.2) is 15.6 Å². The molecule has 1 heterocycles. The Balaban J connectivity index is 2.07. The van der Waals surface area contributed by atoms with Crippen molar-refractivity contribution in [1.82, 2.24) is 9.78 Å². The summed E-state index contributed by atoms with van der Waals surface area (Å²) >= 11 is 0. The number of hydrogen-bond donors (Lipinski definition) is 0. The first kappa shape index (κ1) is 11.6. The van der Waals surface area contributed by atoms with Gasteiger partial charge in [-0.15, -0.1) is 0 Å². The summed E-state index contributed by atoms with van der Waals surface area (Å²) < 4.78 is 1.89. The zero-order chi connectivity index (χ0) is 12.3. The number of carbonyl (C=O) groups is 1. The van der Waals surface area contributed by atoms with Gasteiger partial charge in [-0.25, -0.2) is 0 Å². The number of hydrogen-bond acceptors (Lipinski definition) is 2. The zero-order valence-electron chi connectivity index (χ0n) is 10.2. The van der Waals surface area contributed by atoms with Crippen molar-refractivity contribution in [2.24, 2.45) is 0 Å². The number of carbonyl (C=O) groups excluding carboxylic acids is 1. The minimum Gasteiger partial charge on any atom is -0.293 e. The normalized spacial score (nSPS) is 10.5. The molecule has 0 aliphatic heterocycles. The van der Waals surface area contributed by atoms with E-state index in [9.17, 15) is 4.79 Å². The lowest BCUT2D eigenvalue weighted by molar-refractivity contribution is 0.101. The molecule has 0 fully saturated rings. The van der Waals surface area contributed by atoms with E-state index in [-0.39, 0.29) is 5.78 Å². The molecule has 0 aliphatic rings. The molecule has 0 aliphatic carbocycles. The van der Waals surface area contributed by atoms with Crippen LogP contribution in [0.4, 0.5) is 0 Å². The molecule has 3 heteroatoms. The van der Waals surface area contributed by atoms with Crippen LogP contribution in [-0.2, 0) is 13.0 Å². The van der Waals surface area contributed by atoms with Crippen LogP contribution in [0.3, 0.4) is 0 Å². The van der Waals surface area contributed by atoms with E-state index in [4.69, 9.17) is 0 Å². The molecule has 0 saturated heterocycles. The van der Waals surface area contributed by atoms with Crippen molar-refractivity contribution in [2.45, 2.75) is 26.8 Å². The molecule has 0 bridgehead atoms. The van der Waals surface area contributed by atoms with Crippen molar-refractivity contribution in [2.75, 3.05) is 0 Å². The van der Waals surface area contributed by atoms with Gasteiger partial charge in [-0.2, -0.15) is 5.10 Å². The van der Waals surface area contributed by atoms with Gasteiger partial charge in [-0.1, -0.05) is 30.3 Å². The van der Waals surface area contributed by atoms with Crippen LogP contribution in [0.25, 0.3) is 0 Å². The Labute approximate surface area is 101 Å². The van der Waals surface area contributed by atoms with Crippen molar-refractivity contribution in [3.8, 4) is 0 Å². The molecule has 0 atom stereocenters. The van der Waals surface area contributed by atoms with Gasteiger partial charge in [0.15, 0.2) is 5.78 Å². The second-order valence-electron chi connectivity index (χ2n) is 4.19. The summed E-state index contributed by atoms with van der Waals surface area (Å²) in [6.07, 6.45) is 0.931. The van der Waals surface area contributed by atoms with Gasteiger partial charge in [0.25, 0.3) is 0 Å². The lowest BCUT2D eigenvalue weighted by Crippen LogP contribution is -2.06. The maximum absolute atomic E-state index is 11.2. The van der Waals surface area contributed by atoms with Crippen LogP contribution in [0.1, 0.15) is 28.7 Å². The van der Waals surface area contributed by atoms with Gasteiger partial charge in [-0.3, -0.25) is 9.48 Å². The smallest absolute Gasteiger partial charge is 0.179 e. The molecule has 0 N–H and O–H groups in total. The molecule has 88 valence electrons. The number of Topliss-reactive ketones (excluding diaryl/α,β-unsaturated/α-hetero) is 1. The van der Waals surface area contributed by atoms with Gasteiger partial charge in [-0.05, 0) is 25.0 Å². The third kappa shape index (κ3) is 2.81. The number of benzene rings is 1. The van der Waals surface area contributed by atoms with Crippen LogP contribution in [0.2, 0.25) is 0 Å². The maximum Gasteiger partial charge on any atom is 0.179 e. The highest BCUT2D eigenvalue weighted by molar-refractivity contribution is 5.92. The maximum atomic E-state index is 11.2. The predicted octanol–water partition coefficient (Wildman–Crippen LogP) is 2.64. The molecule has 3 nitrogen and oxygen atoms in total. The standard InChI is InChI=1S/C14H16N2O/c1-11-10-14(12(2)17)15-16(11)9-8-13-6-4-3-5-7-13/h3-7,10H,8-9H2,1-2H3. The van der Waals surface area contributed by atoms with Crippen molar-refractivity contribution in [3.05, 3.63) is 53.3 Å². The van der Waals surface area contributed by atoms with Gasteiger partial charge in [0, 0.05) is 19.2 Å². The van der Waals surface area contributed by atoms with Crippen LogP contribution in [0, 0.1) is 6.92 Å². The molecular formula is C14H16N2O. The largest absolute Gasteiger partial charge is 0.293 e. The molecule has 1 aromatic heterocycles. The lowest BCUT2D eigenvalue weighted by atomic mass is 10.1. The fraction of sp³-hybridized carbons (Fsp3) is 0.286. The van der Waals surface area contributed by atoms with E-state index in [1.807, 2.05) is 35.9 Å². The Morgan fingerprint density at radius 1 is 1.29 bits per heavy atom. The quantitative estimate of drug-likeness (QED) is 0.754. The minimum absolute atomic E-state index is 0.0200. The minimum atomic E-state index is 0.0200. The van der Waals surface area contributed by atoms with Gasteiger partial charge in [0.05, 0.1) is 0 Å². The Morgan fingerprint density at radius 2 is 2.00 bits per heavy atom. The lowest BCUT2D eigenvalue weighted by Gasteiger charge is -2.04. The average molecular weight is 228 g/mol. The van der Waals surface area contributed by atoms with Gasteiger partial charge >= 0.3 is 0 Å².